The van der Waals surface area contributed by atoms with Gasteiger partial charge < -0.3 is 5.32 Å². The second-order valence-electron chi connectivity index (χ2n) is 3.25. The van der Waals surface area contributed by atoms with Gasteiger partial charge in [-0.1, -0.05) is 23.4 Å². The van der Waals surface area contributed by atoms with Crippen LogP contribution in [0.3, 0.4) is 0 Å². The molecule has 1 fully saturated rings. The summed E-state index contributed by atoms with van der Waals surface area (Å²) in [4.78, 5) is 8.53. The van der Waals surface area contributed by atoms with Gasteiger partial charge in [-0.05, 0) is 19.2 Å². The Morgan fingerprint density at radius 2 is 2.31 bits per heavy atom. The van der Waals surface area contributed by atoms with Crippen molar-refractivity contribution in [3.05, 3.63) is 11.2 Å². The van der Waals surface area contributed by atoms with Gasteiger partial charge in [0.1, 0.15) is 10.2 Å². The van der Waals surface area contributed by atoms with Gasteiger partial charge >= 0.3 is 0 Å². The lowest BCUT2D eigenvalue weighted by Crippen LogP contribution is -2.10. The molecule has 0 aromatic carbocycles. The largest absolute Gasteiger partial charge is 0.316 e. The molecule has 1 atom stereocenters. The summed E-state index contributed by atoms with van der Waals surface area (Å²) >= 11 is 9.22. The zero-order chi connectivity index (χ0) is 10.7. The van der Waals surface area contributed by atoms with Gasteiger partial charge in [-0.25, -0.2) is 9.97 Å². The predicted octanol–water partition coefficient (Wildman–Crippen LogP) is 2.73. The molecule has 0 radical (unpaired) electrons. The maximum absolute atomic E-state index is 5.92. The first-order chi connectivity index (χ1) is 7.28. The molecule has 0 saturated carbocycles. The van der Waals surface area contributed by atoms with Gasteiger partial charge in [0.05, 0.1) is 0 Å². The first-order valence-corrected chi connectivity index (χ1v) is 7.22. The zero-order valence-electron chi connectivity index (χ0n) is 8.77. The molecule has 1 aliphatic heterocycles. The first kappa shape index (κ1) is 14.4. The third-order valence-corrected chi connectivity index (χ3v) is 4.06. The molecular formula is C9H13Cl2N3S2. The molecule has 7 heteroatoms. The van der Waals surface area contributed by atoms with E-state index >= 15 is 0 Å². The van der Waals surface area contributed by atoms with Gasteiger partial charge in [-0.15, -0.1) is 24.2 Å². The van der Waals surface area contributed by atoms with Crippen molar-refractivity contribution in [3.63, 3.8) is 0 Å². The lowest BCUT2D eigenvalue weighted by molar-refractivity contribution is 0.857. The standard InChI is InChI=1S/C9H12ClN3S2.ClH/c1-14-9-12-7(10)4-8(13-9)15-6-2-3-11-5-6;/h4,6,11H,2-3,5H2,1H3;1H. The topological polar surface area (TPSA) is 37.8 Å². The van der Waals surface area contributed by atoms with Crippen LogP contribution in [-0.2, 0) is 0 Å². The fourth-order valence-electron chi connectivity index (χ4n) is 1.43. The van der Waals surface area contributed by atoms with Crippen molar-refractivity contribution in [1.29, 1.82) is 0 Å². The normalized spacial score (nSPS) is 19.5. The van der Waals surface area contributed by atoms with Gasteiger partial charge in [-0.3, -0.25) is 0 Å². The van der Waals surface area contributed by atoms with E-state index < -0.39 is 0 Å². The Balaban J connectivity index is 0.00000128. The van der Waals surface area contributed by atoms with Gasteiger partial charge in [0.2, 0.25) is 0 Å². The highest BCUT2D eigenvalue weighted by Crippen LogP contribution is 2.28. The molecule has 90 valence electrons. The second kappa shape index (κ2) is 6.91. The molecule has 3 nitrogen and oxygen atoms in total. The van der Waals surface area contributed by atoms with Gasteiger partial charge in [0.15, 0.2) is 5.16 Å². The molecule has 2 rings (SSSR count). The monoisotopic (exact) mass is 297 g/mol. The summed E-state index contributed by atoms with van der Waals surface area (Å²) in [6.07, 6.45) is 3.15. The predicted molar refractivity (Wildman–Crippen MR) is 73.2 cm³/mol. The SMILES string of the molecule is CSc1nc(Cl)cc(SC2CCNC2)n1.Cl. The highest BCUT2D eigenvalue weighted by atomic mass is 35.5. The maximum Gasteiger partial charge on any atom is 0.189 e. The van der Waals surface area contributed by atoms with E-state index in [4.69, 9.17) is 11.6 Å². The molecular weight excluding hydrogens is 285 g/mol. The molecule has 16 heavy (non-hydrogen) atoms. The lowest BCUT2D eigenvalue weighted by atomic mass is 10.4. The number of nitrogens with zero attached hydrogens (tertiary/aromatic N) is 2. The van der Waals surface area contributed by atoms with Crippen molar-refractivity contribution in [1.82, 2.24) is 15.3 Å². The number of halogens is 2. The summed E-state index contributed by atoms with van der Waals surface area (Å²) in [5, 5.41) is 6.21. The number of hydrogen-bond acceptors (Lipinski definition) is 5. The van der Waals surface area contributed by atoms with Crippen LogP contribution in [-0.4, -0.2) is 34.6 Å². The second-order valence-corrected chi connectivity index (χ2v) is 5.73. The lowest BCUT2D eigenvalue weighted by Gasteiger charge is -2.07. The van der Waals surface area contributed by atoms with Crippen LogP contribution in [0.4, 0.5) is 0 Å². The third-order valence-electron chi connectivity index (χ3n) is 2.14. The average Bonchev–Trinajstić information content (AvgIpc) is 2.69. The Labute approximate surface area is 115 Å². The number of nitrogens with one attached hydrogen (secondary N) is 1. The molecule has 0 bridgehead atoms. The van der Waals surface area contributed by atoms with Crippen molar-refractivity contribution in [2.45, 2.75) is 21.9 Å². The molecule has 1 aromatic rings. The van der Waals surface area contributed by atoms with E-state index in [1.165, 1.54) is 18.2 Å². The van der Waals surface area contributed by atoms with Crippen molar-refractivity contribution in [2.24, 2.45) is 0 Å². The minimum Gasteiger partial charge on any atom is -0.316 e. The van der Waals surface area contributed by atoms with E-state index in [1.807, 2.05) is 12.3 Å². The van der Waals surface area contributed by atoms with Gasteiger partial charge in [0, 0.05) is 17.9 Å². The maximum atomic E-state index is 5.92. The van der Waals surface area contributed by atoms with Crippen LogP contribution in [0.2, 0.25) is 5.15 Å². The smallest absolute Gasteiger partial charge is 0.189 e. The molecule has 0 spiro atoms. The van der Waals surface area contributed by atoms with Crippen molar-refractivity contribution in [2.75, 3.05) is 19.3 Å². The van der Waals surface area contributed by atoms with E-state index in [1.54, 1.807) is 11.8 Å². The average molecular weight is 298 g/mol. The molecule has 1 aromatic heterocycles. The molecule has 0 amide bonds. The molecule has 1 aliphatic rings. The van der Waals surface area contributed by atoms with Crippen LogP contribution >= 0.6 is 47.5 Å². The van der Waals surface area contributed by atoms with Crippen molar-refractivity contribution in [3.8, 4) is 0 Å². The molecule has 1 unspecified atom stereocenters. The number of hydrogen-bond donors (Lipinski definition) is 1. The van der Waals surface area contributed by atoms with E-state index in [9.17, 15) is 0 Å². The summed E-state index contributed by atoms with van der Waals surface area (Å²) in [5.74, 6) is 0. The third kappa shape index (κ3) is 3.96. The van der Waals surface area contributed by atoms with Crippen LogP contribution in [0.1, 0.15) is 6.42 Å². The number of aromatic nitrogens is 2. The van der Waals surface area contributed by atoms with E-state index in [0.717, 1.165) is 23.3 Å². The van der Waals surface area contributed by atoms with Crippen LogP contribution in [0.15, 0.2) is 16.2 Å². The Morgan fingerprint density at radius 1 is 1.50 bits per heavy atom. The number of thioether (sulfide) groups is 2. The fraction of sp³-hybridized carbons (Fsp3) is 0.556. The molecule has 1 saturated heterocycles. The summed E-state index contributed by atoms with van der Waals surface area (Å²) in [7, 11) is 0. The minimum atomic E-state index is 0. The summed E-state index contributed by atoms with van der Waals surface area (Å²) < 4.78 is 0. The molecule has 2 heterocycles. The van der Waals surface area contributed by atoms with E-state index in [0.29, 0.717) is 10.4 Å². The quantitative estimate of drug-likeness (QED) is 0.527. The fourth-order valence-corrected chi connectivity index (χ4v) is 3.26. The van der Waals surface area contributed by atoms with Crippen LogP contribution < -0.4 is 5.32 Å². The number of rotatable bonds is 3. The van der Waals surface area contributed by atoms with Crippen LogP contribution in [0.5, 0.6) is 0 Å². The van der Waals surface area contributed by atoms with E-state index in [2.05, 4.69) is 15.3 Å². The minimum absolute atomic E-state index is 0. The van der Waals surface area contributed by atoms with Crippen LogP contribution in [0, 0.1) is 0 Å². The summed E-state index contributed by atoms with van der Waals surface area (Å²) in [5.41, 5.74) is 0. The van der Waals surface area contributed by atoms with E-state index in [-0.39, 0.29) is 12.4 Å². The highest BCUT2D eigenvalue weighted by Gasteiger charge is 2.16. The Kier molecular flexibility index (Phi) is 6.21. The van der Waals surface area contributed by atoms with Gasteiger partial charge in [0.25, 0.3) is 0 Å². The van der Waals surface area contributed by atoms with Crippen molar-refractivity contribution >= 4 is 47.5 Å². The van der Waals surface area contributed by atoms with Crippen LogP contribution in [0.25, 0.3) is 0 Å². The first-order valence-electron chi connectivity index (χ1n) is 4.74. The Hall–Kier alpha value is 0.320. The Bertz CT molecular complexity index is 346. The van der Waals surface area contributed by atoms with Gasteiger partial charge in [-0.2, -0.15) is 0 Å². The summed E-state index contributed by atoms with van der Waals surface area (Å²) in [6, 6.07) is 1.84. The van der Waals surface area contributed by atoms with Crippen molar-refractivity contribution < 1.29 is 0 Å². The summed E-state index contributed by atoms with van der Waals surface area (Å²) in [6.45, 7) is 2.16. The zero-order valence-corrected chi connectivity index (χ0v) is 12.0. The highest BCUT2D eigenvalue weighted by molar-refractivity contribution is 8.00. The molecule has 1 N–H and O–H groups in total. The Morgan fingerprint density at radius 3 is 2.94 bits per heavy atom. The molecule has 0 aliphatic carbocycles.